The number of hydrogen-bond acceptors (Lipinski definition) is 5. The van der Waals surface area contributed by atoms with E-state index in [9.17, 15) is 10.1 Å². The number of benzene rings is 1. The van der Waals surface area contributed by atoms with E-state index in [1.807, 2.05) is 0 Å². The van der Waals surface area contributed by atoms with E-state index in [0.717, 1.165) is 30.3 Å². The standard InChI is InChI=1S/C13H20N4O2/c1-10-4-6-16(7-5-10)9-11-8-12(17(18)19)2-3-13(11)15-14/h2-3,8,10,15H,4-7,9,14H2,1H3. The van der Waals surface area contributed by atoms with Gasteiger partial charge in [0.05, 0.1) is 10.6 Å². The summed E-state index contributed by atoms with van der Waals surface area (Å²) in [5.41, 5.74) is 4.36. The third-order valence-electron chi connectivity index (χ3n) is 3.73. The van der Waals surface area contributed by atoms with Gasteiger partial charge in [0.1, 0.15) is 0 Å². The number of nitro groups is 1. The van der Waals surface area contributed by atoms with E-state index < -0.39 is 0 Å². The van der Waals surface area contributed by atoms with E-state index in [2.05, 4.69) is 17.2 Å². The van der Waals surface area contributed by atoms with Crippen molar-refractivity contribution >= 4 is 11.4 Å². The van der Waals surface area contributed by atoms with Crippen LogP contribution in [-0.2, 0) is 6.54 Å². The molecule has 0 bridgehead atoms. The zero-order chi connectivity index (χ0) is 13.8. The highest BCUT2D eigenvalue weighted by atomic mass is 16.6. The first-order valence-electron chi connectivity index (χ1n) is 6.56. The summed E-state index contributed by atoms with van der Waals surface area (Å²) in [7, 11) is 0. The number of hydrazine groups is 1. The number of nitrogens with one attached hydrogen (secondary N) is 1. The average molecular weight is 264 g/mol. The highest BCUT2D eigenvalue weighted by Crippen LogP contribution is 2.25. The maximum Gasteiger partial charge on any atom is 0.269 e. The Labute approximate surface area is 112 Å². The molecule has 0 radical (unpaired) electrons. The van der Waals surface area contributed by atoms with Crippen LogP contribution in [0.15, 0.2) is 18.2 Å². The number of anilines is 1. The number of nitro benzene ring substituents is 1. The van der Waals surface area contributed by atoms with Crippen molar-refractivity contribution in [2.24, 2.45) is 11.8 Å². The van der Waals surface area contributed by atoms with Gasteiger partial charge >= 0.3 is 0 Å². The van der Waals surface area contributed by atoms with Crippen LogP contribution in [0.5, 0.6) is 0 Å². The Balaban J connectivity index is 2.13. The van der Waals surface area contributed by atoms with Gasteiger partial charge in [0.25, 0.3) is 5.69 Å². The molecule has 0 amide bonds. The molecule has 1 aliphatic rings. The first-order chi connectivity index (χ1) is 9.10. The van der Waals surface area contributed by atoms with Crippen molar-refractivity contribution < 1.29 is 4.92 Å². The van der Waals surface area contributed by atoms with E-state index in [0.29, 0.717) is 6.54 Å². The molecule has 0 saturated carbocycles. The minimum Gasteiger partial charge on any atom is -0.324 e. The van der Waals surface area contributed by atoms with Crippen LogP contribution in [0.1, 0.15) is 25.3 Å². The summed E-state index contributed by atoms with van der Waals surface area (Å²) in [6, 6.07) is 4.74. The lowest BCUT2D eigenvalue weighted by Gasteiger charge is -2.30. The molecule has 0 aliphatic carbocycles. The minimum atomic E-state index is -0.373. The fourth-order valence-electron chi connectivity index (χ4n) is 2.43. The zero-order valence-electron chi connectivity index (χ0n) is 11.1. The summed E-state index contributed by atoms with van der Waals surface area (Å²) in [6.45, 7) is 5.03. The van der Waals surface area contributed by atoms with E-state index in [1.54, 1.807) is 12.1 Å². The molecule has 1 aromatic rings. The maximum absolute atomic E-state index is 10.8. The second kappa shape index (κ2) is 5.99. The predicted octanol–water partition coefficient (Wildman–Crippen LogP) is 2.11. The van der Waals surface area contributed by atoms with E-state index in [-0.39, 0.29) is 10.6 Å². The van der Waals surface area contributed by atoms with Crippen LogP contribution in [0.4, 0.5) is 11.4 Å². The van der Waals surface area contributed by atoms with Gasteiger partial charge < -0.3 is 5.43 Å². The Hall–Kier alpha value is -1.66. The molecule has 0 unspecified atom stereocenters. The van der Waals surface area contributed by atoms with Crippen molar-refractivity contribution in [3.63, 3.8) is 0 Å². The van der Waals surface area contributed by atoms with Gasteiger partial charge in [-0.25, -0.2) is 0 Å². The number of rotatable bonds is 4. The molecule has 1 aromatic carbocycles. The normalized spacial score (nSPS) is 17.4. The quantitative estimate of drug-likeness (QED) is 0.494. The van der Waals surface area contributed by atoms with Crippen LogP contribution in [-0.4, -0.2) is 22.9 Å². The number of likely N-dealkylation sites (tertiary alicyclic amines) is 1. The molecule has 1 aliphatic heterocycles. The fraction of sp³-hybridized carbons (Fsp3) is 0.538. The van der Waals surface area contributed by atoms with E-state index >= 15 is 0 Å². The van der Waals surface area contributed by atoms with Crippen molar-refractivity contribution in [1.82, 2.24) is 4.90 Å². The summed E-state index contributed by atoms with van der Waals surface area (Å²) < 4.78 is 0. The second-order valence-corrected chi connectivity index (χ2v) is 5.20. The van der Waals surface area contributed by atoms with Gasteiger partial charge in [-0.2, -0.15) is 0 Å². The average Bonchev–Trinajstić information content (AvgIpc) is 2.41. The third-order valence-corrected chi connectivity index (χ3v) is 3.73. The molecule has 3 N–H and O–H groups in total. The van der Waals surface area contributed by atoms with Crippen molar-refractivity contribution in [3.05, 3.63) is 33.9 Å². The lowest BCUT2D eigenvalue weighted by atomic mass is 9.98. The lowest BCUT2D eigenvalue weighted by molar-refractivity contribution is -0.384. The van der Waals surface area contributed by atoms with Gasteiger partial charge in [-0.3, -0.25) is 20.9 Å². The van der Waals surface area contributed by atoms with Crippen molar-refractivity contribution in [2.75, 3.05) is 18.5 Å². The fourth-order valence-corrected chi connectivity index (χ4v) is 2.43. The molecule has 6 heteroatoms. The summed E-state index contributed by atoms with van der Waals surface area (Å²) in [5, 5.41) is 10.8. The number of piperidine rings is 1. The van der Waals surface area contributed by atoms with Crippen LogP contribution >= 0.6 is 0 Å². The van der Waals surface area contributed by atoms with Crippen LogP contribution in [0.3, 0.4) is 0 Å². The molecule has 1 saturated heterocycles. The first-order valence-corrected chi connectivity index (χ1v) is 6.56. The monoisotopic (exact) mass is 264 g/mol. The predicted molar refractivity (Wildman–Crippen MR) is 74.6 cm³/mol. The van der Waals surface area contributed by atoms with Gasteiger partial charge in [0.2, 0.25) is 0 Å². The number of nitrogens with zero attached hydrogens (tertiary/aromatic N) is 2. The molecule has 2 rings (SSSR count). The Morgan fingerprint density at radius 3 is 2.74 bits per heavy atom. The summed E-state index contributed by atoms with van der Waals surface area (Å²) in [5.74, 6) is 6.24. The summed E-state index contributed by atoms with van der Waals surface area (Å²) in [6.07, 6.45) is 2.36. The van der Waals surface area contributed by atoms with Gasteiger partial charge in [-0.05, 0) is 43.5 Å². The Kier molecular flexibility index (Phi) is 4.34. The van der Waals surface area contributed by atoms with Crippen molar-refractivity contribution in [2.45, 2.75) is 26.3 Å². The molecule has 19 heavy (non-hydrogen) atoms. The second-order valence-electron chi connectivity index (χ2n) is 5.20. The van der Waals surface area contributed by atoms with Crippen LogP contribution in [0.25, 0.3) is 0 Å². The van der Waals surface area contributed by atoms with Crippen LogP contribution in [0.2, 0.25) is 0 Å². The molecule has 0 spiro atoms. The van der Waals surface area contributed by atoms with Crippen molar-refractivity contribution in [3.8, 4) is 0 Å². The highest BCUT2D eigenvalue weighted by molar-refractivity contribution is 5.55. The Morgan fingerprint density at radius 1 is 1.47 bits per heavy atom. The van der Waals surface area contributed by atoms with Gasteiger partial charge in [-0.15, -0.1) is 0 Å². The van der Waals surface area contributed by atoms with E-state index in [1.165, 1.54) is 18.9 Å². The summed E-state index contributed by atoms with van der Waals surface area (Å²) >= 11 is 0. The number of hydrogen-bond donors (Lipinski definition) is 2. The number of nitrogens with two attached hydrogens (primary N) is 1. The van der Waals surface area contributed by atoms with Crippen LogP contribution in [0, 0.1) is 16.0 Å². The molecule has 0 aromatic heterocycles. The maximum atomic E-state index is 10.8. The SMILES string of the molecule is CC1CCN(Cc2cc([N+](=O)[O-])ccc2NN)CC1. The Morgan fingerprint density at radius 2 is 2.16 bits per heavy atom. The van der Waals surface area contributed by atoms with Gasteiger partial charge in [0.15, 0.2) is 0 Å². The van der Waals surface area contributed by atoms with Crippen molar-refractivity contribution in [1.29, 1.82) is 0 Å². The minimum absolute atomic E-state index is 0.111. The highest BCUT2D eigenvalue weighted by Gasteiger charge is 2.18. The third kappa shape index (κ3) is 3.42. The Bertz CT molecular complexity index is 456. The van der Waals surface area contributed by atoms with Crippen LogP contribution < -0.4 is 11.3 Å². The van der Waals surface area contributed by atoms with Gasteiger partial charge in [0, 0.05) is 18.7 Å². The molecule has 0 atom stereocenters. The molecule has 6 nitrogen and oxygen atoms in total. The zero-order valence-corrected chi connectivity index (χ0v) is 11.1. The summed E-state index contributed by atoms with van der Waals surface area (Å²) in [4.78, 5) is 12.8. The van der Waals surface area contributed by atoms with Gasteiger partial charge in [-0.1, -0.05) is 6.92 Å². The lowest BCUT2D eigenvalue weighted by Crippen LogP contribution is -2.32. The topological polar surface area (TPSA) is 84.4 Å². The molecular formula is C13H20N4O2. The number of nitrogen functional groups attached to an aromatic ring is 1. The first kappa shape index (κ1) is 13.8. The molecule has 104 valence electrons. The largest absolute Gasteiger partial charge is 0.324 e. The molecular weight excluding hydrogens is 244 g/mol. The van der Waals surface area contributed by atoms with E-state index in [4.69, 9.17) is 5.84 Å². The molecule has 1 heterocycles. The number of non-ortho nitro benzene ring substituents is 1. The smallest absolute Gasteiger partial charge is 0.269 e. The molecule has 1 fully saturated rings.